The largest absolute Gasteiger partial charge is 0.504 e. The van der Waals surface area contributed by atoms with Crippen molar-refractivity contribution in [1.82, 2.24) is 0 Å². The summed E-state index contributed by atoms with van der Waals surface area (Å²) in [6, 6.07) is 48.7. The monoisotopic (exact) mass is 1070 g/mol. The molecule has 0 radical (unpaired) electrons. The van der Waals surface area contributed by atoms with E-state index < -0.39 is 0 Å². The number of unbranched alkanes of at least 4 members (excludes halogenated alkanes) is 3. The fourth-order valence-electron chi connectivity index (χ4n) is 7.20. The molecule has 0 aromatic heterocycles. The van der Waals surface area contributed by atoms with E-state index in [9.17, 15) is 33.9 Å². The van der Waals surface area contributed by atoms with Gasteiger partial charge in [-0.3, -0.25) is 28.8 Å². The lowest BCUT2D eigenvalue weighted by Gasteiger charge is -2.04. The molecule has 1 unspecified atom stereocenters. The number of hydrogen-bond acceptors (Lipinski definition) is 12. The molecule has 0 aliphatic carbocycles. The Morgan fingerprint density at radius 2 is 0.646 bits per heavy atom. The van der Waals surface area contributed by atoms with Crippen molar-refractivity contribution in [3.05, 3.63) is 276 Å². The van der Waals surface area contributed by atoms with Crippen LogP contribution in [-0.4, -0.2) is 30.6 Å². The first kappa shape index (κ1) is 66.5. The molecule has 0 bridgehead atoms. The molecule has 0 amide bonds. The van der Waals surface area contributed by atoms with Gasteiger partial charge in [-0.2, -0.15) is 0 Å². The summed E-state index contributed by atoms with van der Waals surface area (Å²) >= 11 is 0. The Morgan fingerprint density at radius 3 is 1.04 bits per heavy atom. The highest BCUT2D eigenvalue weighted by molar-refractivity contribution is 5.31. The van der Waals surface area contributed by atoms with Gasteiger partial charge in [0.15, 0.2) is 34.5 Å². The summed E-state index contributed by atoms with van der Waals surface area (Å²) in [6.45, 7) is 12.4. The number of benzene rings is 1. The highest BCUT2D eigenvalue weighted by atomic mass is 16.3. The fraction of sp³-hybridized carbons (Fsp3) is 0.284. The normalized spacial score (nSPS) is 10.3. The summed E-state index contributed by atoms with van der Waals surface area (Å²) in [5, 5.41) is 54.7. The average molecular weight is 1080 g/mol. The molecule has 7 aromatic carbocycles. The lowest BCUT2D eigenvalue weighted by molar-refractivity contribution is 0.470. The van der Waals surface area contributed by atoms with Crippen molar-refractivity contribution in [2.75, 3.05) is 0 Å². The van der Waals surface area contributed by atoms with Crippen LogP contribution in [0.5, 0.6) is 34.5 Å². The van der Waals surface area contributed by atoms with Crippen molar-refractivity contribution in [2.45, 2.75) is 125 Å². The lowest BCUT2D eigenvalue weighted by atomic mass is 10.0. The van der Waals surface area contributed by atoms with Crippen molar-refractivity contribution < 1.29 is 30.6 Å². The molecule has 79 heavy (non-hydrogen) atoms. The summed E-state index contributed by atoms with van der Waals surface area (Å²) in [4.78, 5) is 67.0. The van der Waals surface area contributed by atoms with Gasteiger partial charge in [0.25, 0.3) is 0 Å². The first-order valence-corrected chi connectivity index (χ1v) is 26.8. The van der Waals surface area contributed by atoms with Gasteiger partial charge in [0.05, 0.1) is 0 Å². The molecule has 0 saturated heterocycles. The van der Waals surface area contributed by atoms with E-state index in [0.29, 0.717) is 12.3 Å². The van der Waals surface area contributed by atoms with Crippen LogP contribution in [0.2, 0.25) is 0 Å². The van der Waals surface area contributed by atoms with Crippen molar-refractivity contribution in [2.24, 2.45) is 0 Å². The molecule has 7 rings (SSSR count). The van der Waals surface area contributed by atoms with Crippen LogP contribution in [0.1, 0.15) is 131 Å². The highest BCUT2D eigenvalue weighted by Gasteiger charge is 2.04. The van der Waals surface area contributed by atoms with Gasteiger partial charge in [0, 0.05) is 0 Å². The van der Waals surface area contributed by atoms with E-state index in [4.69, 9.17) is 25.5 Å². The number of rotatable bonds is 14. The lowest BCUT2D eigenvalue weighted by Crippen LogP contribution is -1.97. The highest BCUT2D eigenvalue weighted by Crippen LogP contribution is 2.17. The Bertz CT molecular complexity index is 3310. The third-order valence-corrected chi connectivity index (χ3v) is 12.0. The zero-order chi connectivity index (χ0) is 58.5. The molecule has 418 valence electrons. The third kappa shape index (κ3) is 27.3. The molecule has 1 atom stereocenters. The summed E-state index contributed by atoms with van der Waals surface area (Å²) in [5.41, 5.74) is 5.09. The maximum atomic E-state index is 11.4. The van der Waals surface area contributed by atoms with E-state index >= 15 is 0 Å². The molecule has 0 spiro atoms. The van der Waals surface area contributed by atoms with E-state index in [-0.39, 0.29) is 67.1 Å². The Labute approximate surface area is 464 Å². The van der Waals surface area contributed by atoms with Crippen LogP contribution in [0.25, 0.3) is 0 Å². The van der Waals surface area contributed by atoms with Gasteiger partial charge < -0.3 is 30.6 Å². The summed E-state index contributed by atoms with van der Waals surface area (Å²) in [6.07, 6.45) is 11.8. The number of hydrogen-bond donors (Lipinski definition) is 6. The first-order chi connectivity index (χ1) is 37.8. The van der Waals surface area contributed by atoms with Crippen LogP contribution in [0, 0.1) is 0 Å². The predicted octanol–water partition coefficient (Wildman–Crippen LogP) is 12.2. The van der Waals surface area contributed by atoms with Gasteiger partial charge in [-0.25, -0.2) is 0 Å². The Hall–Kier alpha value is -8.64. The minimum Gasteiger partial charge on any atom is -0.504 e. The van der Waals surface area contributed by atoms with Gasteiger partial charge in [0.2, 0.25) is 32.6 Å². The second-order valence-corrected chi connectivity index (χ2v) is 18.5. The fourth-order valence-corrected chi connectivity index (χ4v) is 7.20. The Kier molecular flexibility index (Phi) is 32.0. The summed E-state index contributed by atoms with van der Waals surface area (Å²) in [7, 11) is 0. The molecule has 6 N–H and O–H groups in total. The molecule has 0 heterocycles. The predicted molar refractivity (Wildman–Crippen MR) is 319 cm³/mol. The molecule has 12 heteroatoms. The second kappa shape index (κ2) is 38.0. The van der Waals surface area contributed by atoms with Crippen LogP contribution in [0.3, 0.4) is 0 Å². The van der Waals surface area contributed by atoms with Gasteiger partial charge in [-0.15, -0.1) is 0 Å². The minimum atomic E-state index is -0.337. The van der Waals surface area contributed by atoms with E-state index in [1.807, 2.05) is 73.7 Å². The topological polar surface area (TPSA) is 224 Å². The van der Waals surface area contributed by atoms with Crippen molar-refractivity contribution in [3.8, 4) is 34.5 Å². The zero-order valence-corrected chi connectivity index (χ0v) is 46.4. The summed E-state index contributed by atoms with van der Waals surface area (Å²) in [5.74, 6) is -0.759. The maximum Gasteiger partial charge on any atom is 0.220 e. The van der Waals surface area contributed by atoms with Gasteiger partial charge in [-0.1, -0.05) is 170 Å². The van der Waals surface area contributed by atoms with Crippen LogP contribution >= 0.6 is 0 Å². The van der Waals surface area contributed by atoms with E-state index in [1.54, 1.807) is 36.4 Å². The molecule has 7 aromatic rings. The molecule has 0 aliphatic heterocycles. The molecule has 0 saturated carbocycles. The minimum absolute atomic E-state index is 0.174. The number of aryl methyl sites for hydroxylation is 4. The number of aromatic hydroxyl groups is 6. The molecule has 12 nitrogen and oxygen atoms in total. The molecule has 0 fully saturated rings. The van der Waals surface area contributed by atoms with Gasteiger partial charge in [-0.05, 0) is 169 Å². The summed E-state index contributed by atoms with van der Waals surface area (Å²) < 4.78 is 0. The van der Waals surface area contributed by atoms with E-state index in [2.05, 4.69) is 34.6 Å². The molecular formula is C67H78O12. The van der Waals surface area contributed by atoms with Crippen LogP contribution in [-0.2, 0) is 32.1 Å². The third-order valence-electron chi connectivity index (χ3n) is 12.0. The smallest absolute Gasteiger partial charge is 0.220 e. The molecule has 0 aliphatic rings. The maximum absolute atomic E-state index is 11.4. The van der Waals surface area contributed by atoms with Crippen LogP contribution in [0.15, 0.2) is 205 Å². The Balaban J connectivity index is 0.000000325. The SMILES string of the molecule is CCC(C)c1cccc(O)c(=O)c1.CCCCCc1cccc(O)c(=O)c1.CCCCc1cccc(O)c(=O)c1.CCCc1cccc(O)c(=O)c1.CCc1cccc(O)c(=O)c1.O=c1cc(Cc2ccccc2)cccc1O. The van der Waals surface area contributed by atoms with E-state index in [1.165, 1.54) is 85.6 Å². The first-order valence-electron chi connectivity index (χ1n) is 26.8. The van der Waals surface area contributed by atoms with Gasteiger partial charge >= 0.3 is 0 Å². The van der Waals surface area contributed by atoms with Gasteiger partial charge in [0.1, 0.15) is 0 Å². The van der Waals surface area contributed by atoms with Crippen molar-refractivity contribution in [1.29, 1.82) is 0 Å². The van der Waals surface area contributed by atoms with E-state index in [0.717, 1.165) is 96.7 Å². The second-order valence-electron chi connectivity index (χ2n) is 18.5. The molecular weight excluding hydrogens is 997 g/mol. The van der Waals surface area contributed by atoms with Crippen molar-refractivity contribution >= 4 is 0 Å². The van der Waals surface area contributed by atoms with Crippen molar-refractivity contribution in [3.63, 3.8) is 0 Å². The quantitative estimate of drug-likeness (QED) is 0.0560. The van der Waals surface area contributed by atoms with Crippen LogP contribution in [0.4, 0.5) is 0 Å². The zero-order valence-electron chi connectivity index (χ0n) is 46.4. The van der Waals surface area contributed by atoms with Crippen LogP contribution < -0.4 is 32.6 Å². The average Bonchev–Trinajstić information content (AvgIpc) is 3.98. The Morgan fingerprint density at radius 1 is 0.316 bits per heavy atom. The standard InChI is InChI=1S/C14H12O2.C12H16O2.2C11H14O2.C10H12O2.C9H10O2/c15-13-8-4-7-12(10-14(13)16)9-11-5-2-1-3-6-11;1-2-3-4-6-10-7-5-8-11(13)12(14)9-10;1-3-8(2)9-5-4-6-10(12)11(13)7-9;1-2-3-5-9-6-4-7-10(12)11(13)8-9;1-2-4-8-5-3-6-9(11)10(12)7-8;1-2-7-4-3-5-8(10)9(11)6-7/h1-8,10H,9H2,(H,15,16);5,7-9H,2-4,6H2,1H3,(H,13,14);4-8H,3H2,1-2H3,(H,12,13);4,6-8H,2-3,5H2,1H3,(H,12,13);3,5-7H,2,4H2,1H3,(H,11,12);3-6H,2H2,1H3,(H,10,11).